The number of hydrogen-bond acceptors (Lipinski definition) is 2. The van der Waals surface area contributed by atoms with Crippen LogP contribution in [0, 0.1) is 13.8 Å². The number of carboxylic acids is 1. The van der Waals surface area contributed by atoms with E-state index in [1.807, 2.05) is 26.0 Å². The van der Waals surface area contributed by atoms with Gasteiger partial charge in [-0.2, -0.15) is 0 Å². The first kappa shape index (κ1) is 12.8. The smallest absolute Gasteiger partial charge is 0.335 e. The van der Waals surface area contributed by atoms with E-state index in [-0.39, 0.29) is 5.56 Å². The molecule has 0 aliphatic heterocycles. The zero-order chi connectivity index (χ0) is 13.3. The highest BCUT2D eigenvalue weighted by Gasteiger charge is 2.10. The predicted molar refractivity (Wildman–Crippen MR) is 73.8 cm³/mol. The summed E-state index contributed by atoms with van der Waals surface area (Å²) in [6, 6.07) is 9.09. The van der Waals surface area contributed by atoms with E-state index >= 15 is 0 Å². The maximum absolute atomic E-state index is 11.0. The summed E-state index contributed by atoms with van der Waals surface area (Å²) in [7, 11) is 0. The summed E-state index contributed by atoms with van der Waals surface area (Å²) >= 11 is 3.24. The molecule has 2 aromatic rings. The molecule has 2 rings (SSSR count). The summed E-state index contributed by atoms with van der Waals surface area (Å²) in [4.78, 5) is 15.4. The van der Waals surface area contributed by atoms with Gasteiger partial charge in [0.05, 0.1) is 11.3 Å². The minimum atomic E-state index is -0.955. The number of nitrogens with zero attached hydrogens (tertiary/aromatic N) is 1. The molecule has 1 heterocycles. The molecule has 3 nitrogen and oxygen atoms in total. The standard InChI is InChI=1S/C14H12BrNO2/c1-8-3-4-11(9(2)5-8)12-6-10(14(17)18)7-13(15)16-12/h3-7H,1-2H3,(H,17,18). The monoisotopic (exact) mass is 305 g/mol. The fourth-order valence-electron chi connectivity index (χ4n) is 1.86. The number of aryl methyl sites for hydroxylation is 2. The van der Waals surface area contributed by atoms with Crippen molar-refractivity contribution in [2.75, 3.05) is 0 Å². The van der Waals surface area contributed by atoms with Crippen molar-refractivity contribution in [2.45, 2.75) is 13.8 Å². The van der Waals surface area contributed by atoms with Gasteiger partial charge in [0.15, 0.2) is 0 Å². The third-order valence-corrected chi connectivity index (χ3v) is 3.11. The zero-order valence-electron chi connectivity index (χ0n) is 10.1. The van der Waals surface area contributed by atoms with Gasteiger partial charge >= 0.3 is 5.97 Å². The van der Waals surface area contributed by atoms with Crippen LogP contribution in [-0.4, -0.2) is 16.1 Å². The molecule has 0 spiro atoms. The number of hydrogen-bond donors (Lipinski definition) is 1. The Morgan fingerprint density at radius 2 is 1.94 bits per heavy atom. The fourth-order valence-corrected chi connectivity index (χ4v) is 2.30. The lowest BCUT2D eigenvalue weighted by atomic mass is 10.0. The Balaban J connectivity index is 2.60. The second-order valence-electron chi connectivity index (χ2n) is 4.19. The third kappa shape index (κ3) is 2.59. The van der Waals surface area contributed by atoms with Crippen LogP contribution in [0.4, 0.5) is 0 Å². The van der Waals surface area contributed by atoms with E-state index in [4.69, 9.17) is 5.11 Å². The number of pyridine rings is 1. The van der Waals surface area contributed by atoms with Crippen LogP contribution < -0.4 is 0 Å². The summed E-state index contributed by atoms with van der Waals surface area (Å²) < 4.78 is 0.525. The quantitative estimate of drug-likeness (QED) is 0.858. The van der Waals surface area contributed by atoms with Crippen molar-refractivity contribution in [1.29, 1.82) is 0 Å². The van der Waals surface area contributed by atoms with Gasteiger partial charge in [-0.3, -0.25) is 0 Å². The first-order valence-electron chi connectivity index (χ1n) is 5.46. The van der Waals surface area contributed by atoms with Gasteiger partial charge in [0.2, 0.25) is 0 Å². The molecule has 0 atom stereocenters. The SMILES string of the molecule is Cc1ccc(-c2cc(C(=O)O)cc(Br)n2)c(C)c1. The molecule has 1 N–H and O–H groups in total. The Morgan fingerprint density at radius 3 is 2.56 bits per heavy atom. The van der Waals surface area contributed by atoms with Gasteiger partial charge in [0.1, 0.15) is 4.60 Å². The van der Waals surface area contributed by atoms with E-state index < -0.39 is 5.97 Å². The van der Waals surface area contributed by atoms with Gasteiger partial charge in [-0.25, -0.2) is 9.78 Å². The predicted octanol–water partition coefficient (Wildman–Crippen LogP) is 3.83. The molecular formula is C14H12BrNO2. The van der Waals surface area contributed by atoms with Crippen LogP contribution in [0.2, 0.25) is 0 Å². The van der Waals surface area contributed by atoms with Crippen LogP contribution in [0.3, 0.4) is 0 Å². The van der Waals surface area contributed by atoms with Crippen LogP contribution in [0.25, 0.3) is 11.3 Å². The molecular weight excluding hydrogens is 294 g/mol. The first-order valence-corrected chi connectivity index (χ1v) is 6.25. The minimum absolute atomic E-state index is 0.229. The summed E-state index contributed by atoms with van der Waals surface area (Å²) in [5.74, 6) is -0.955. The van der Waals surface area contributed by atoms with E-state index in [0.29, 0.717) is 10.3 Å². The summed E-state index contributed by atoms with van der Waals surface area (Å²) in [5, 5.41) is 9.05. The first-order chi connectivity index (χ1) is 8.47. The van der Waals surface area contributed by atoms with Gasteiger partial charge < -0.3 is 5.11 Å². The van der Waals surface area contributed by atoms with Crippen molar-refractivity contribution in [3.8, 4) is 11.3 Å². The maximum Gasteiger partial charge on any atom is 0.335 e. The van der Waals surface area contributed by atoms with E-state index in [9.17, 15) is 4.79 Å². The molecule has 0 fully saturated rings. The van der Waals surface area contributed by atoms with E-state index in [0.717, 1.165) is 11.1 Å². The van der Waals surface area contributed by atoms with Crippen LogP contribution >= 0.6 is 15.9 Å². The molecule has 18 heavy (non-hydrogen) atoms. The Bertz CT molecular complexity index is 623. The normalized spacial score (nSPS) is 10.4. The highest BCUT2D eigenvalue weighted by atomic mass is 79.9. The van der Waals surface area contributed by atoms with Crippen molar-refractivity contribution >= 4 is 21.9 Å². The van der Waals surface area contributed by atoms with E-state index in [1.54, 1.807) is 6.07 Å². The molecule has 0 radical (unpaired) electrons. The lowest BCUT2D eigenvalue weighted by Gasteiger charge is -2.08. The number of benzene rings is 1. The van der Waals surface area contributed by atoms with Crippen molar-refractivity contribution in [3.05, 3.63) is 51.6 Å². The van der Waals surface area contributed by atoms with Crippen molar-refractivity contribution in [1.82, 2.24) is 4.98 Å². The minimum Gasteiger partial charge on any atom is -0.478 e. The van der Waals surface area contributed by atoms with Crippen LogP contribution in [0.15, 0.2) is 34.9 Å². The van der Waals surface area contributed by atoms with Crippen molar-refractivity contribution in [3.63, 3.8) is 0 Å². The number of carbonyl (C=O) groups is 1. The lowest BCUT2D eigenvalue weighted by molar-refractivity contribution is 0.0696. The topological polar surface area (TPSA) is 50.2 Å². The summed E-state index contributed by atoms with van der Waals surface area (Å²) in [6.45, 7) is 4.01. The van der Waals surface area contributed by atoms with Gasteiger partial charge in [-0.15, -0.1) is 0 Å². The van der Waals surface area contributed by atoms with Crippen LogP contribution in [-0.2, 0) is 0 Å². The Hall–Kier alpha value is -1.68. The average Bonchev–Trinajstić information content (AvgIpc) is 2.27. The van der Waals surface area contributed by atoms with Crippen LogP contribution in [0.5, 0.6) is 0 Å². The number of halogens is 1. The highest BCUT2D eigenvalue weighted by Crippen LogP contribution is 2.25. The molecule has 0 amide bonds. The second-order valence-corrected chi connectivity index (χ2v) is 5.00. The molecule has 0 aliphatic rings. The van der Waals surface area contributed by atoms with Gasteiger partial charge in [0, 0.05) is 5.56 Å². The zero-order valence-corrected chi connectivity index (χ0v) is 11.7. The Morgan fingerprint density at radius 1 is 1.22 bits per heavy atom. The van der Waals surface area contributed by atoms with E-state index in [2.05, 4.69) is 27.0 Å². The van der Waals surface area contributed by atoms with Gasteiger partial charge in [0.25, 0.3) is 0 Å². The number of aromatic carboxylic acids is 1. The van der Waals surface area contributed by atoms with Gasteiger partial charge in [-0.05, 0) is 47.5 Å². The van der Waals surface area contributed by atoms with Gasteiger partial charge in [-0.1, -0.05) is 23.8 Å². The summed E-state index contributed by atoms with van der Waals surface area (Å²) in [6.07, 6.45) is 0. The second kappa shape index (κ2) is 4.90. The molecule has 0 unspecified atom stereocenters. The number of carboxylic acid groups (broad SMARTS) is 1. The number of rotatable bonds is 2. The van der Waals surface area contributed by atoms with E-state index in [1.165, 1.54) is 11.6 Å². The van der Waals surface area contributed by atoms with Crippen molar-refractivity contribution < 1.29 is 9.90 Å². The largest absolute Gasteiger partial charge is 0.478 e. The number of aromatic nitrogens is 1. The molecule has 1 aromatic carbocycles. The average molecular weight is 306 g/mol. The molecule has 0 aliphatic carbocycles. The van der Waals surface area contributed by atoms with Crippen molar-refractivity contribution in [2.24, 2.45) is 0 Å². The third-order valence-electron chi connectivity index (χ3n) is 2.70. The molecule has 4 heteroatoms. The highest BCUT2D eigenvalue weighted by molar-refractivity contribution is 9.10. The Kier molecular flexibility index (Phi) is 3.48. The molecule has 92 valence electrons. The Labute approximate surface area is 114 Å². The fraction of sp³-hybridized carbons (Fsp3) is 0.143. The lowest BCUT2D eigenvalue weighted by Crippen LogP contribution is -1.99. The summed E-state index contributed by atoms with van der Waals surface area (Å²) in [5.41, 5.74) is 4.09. The molecule has 0 saturated carbocycles. The molecule has 1 aromatic heterocycles. The van der Waals surface area contributed by atoms with Crippen LogP contribution in [0.1, 0.15) is 21.5 Å². The maximum atomic E-state index is 11.0. The molecule has 0 saturated heterocycles. The molecule has 0 bridgehead atoms.